The van der Waals surface area contributed by atoms with Crippen molar-refractivity contribution in [2.45, 2.75) is 25.3 Å². The summed E-state index contributed by atoms with van der Waals surface area (Å²) in [6.07, 6.45) is 0.887. The number of nitrogens with zero attached hydrogens (tertiary/aromatic N) is 2. The van der Waals surface area contributed by atoms with Crippen molar-refractivity contribution in [3.8, 4) is 5.75 Å². The van der Waals surface area contributed by atoms with E-state index >= 15 is 0 Å². The Labute approximate surface area is 151 Å². The Balaban J connectivity index is 1.34. The molecule has 0 spiro atoms. The summed E-state index contributed by atoms with van der Waals surface area (Å²) < 4.78 is 11.1. The largest absolute Gasteiger partial charge is 0.492 e. The van der Waals surface area contributed by atoms with Crippen molar-refractivity contribution >= 4 is 5.91 Å². The van der Waals surface area contributed by atoms with Crippen LogP contribution in [0, 0.1) is 0 Å². The van der Waals surface area contributed by atoms with Gasteiger partial charge in [-0.15, -0.1) is 0 Å². The number of nitrogens with one attached hydrogen (secondary N) is 1. The van der Waals surface area contributed by atoms with E-state index in [1.807, 2.05) is 54.6 Å². The van der Waals surface area contributed by atoms with Gasteiger partial charge in [0.25, 0.3) is 0 Å². The first-order valence-corrected chi connectivity index (χ1v) is 8.62. The molecule has 0 saturated carbocycles. The van der Waals surface area contributed by atoms with Crippen LogP contribution in [0.2, 0.25) is 0 Å². The van der Waals surface area contributed by atoms with Crippen molar-refractivity contribution in [3.05, 3.63) is 77.4 Å². The van der Waals surface area contributed by atoms with E-state index in [4.69, 9.17) is 9.26 Å². The molecule has 4 rings (SSSR count). The minimum Gasteiger partial charge on any atom is -0.492 e. The van der Waals surface area contributed by atoms with Crippen molar-refractivity contribution in [3.63, 3.8) is 0 Å². The van der Waals surface area contributed by atoms with Gasteiger partial charge in [-0.3, -0.25) is 4.79 Å². The molecule has 6 heteroatoms. The standard InChI is InChI=1S/C20H19N3O3/c24-19(21-12-14-6-2-1-3-7-14)11-18-22-20(26-23-18)16-10-15-8-4-5-9-17(15)25-13-16/h1-9,16H,10-13H2,(H,21,24)/t16-/m1/s1. The van der Waals surface area contributed by atoms with Crippen LogP contribution in [0.3, 0.4) is 0 Å². The minimum atomic E-state index is -0.133. The Bertz CT molecular complexity index is 892. The van der Waals surface area contributed by atoms with Gasteiger partial charge in [0.2, 0.25) is 11.8 Å². The number of carbonyl (C=O) groups excluding carboxylic acids is 1. The van der Waals surface area contributed by atoms with Gasteiger partial charge in [-0.05, 0) is 23.6 Å². The second kappa shape index (κ2) is 7.39. The van der Waals surface area contributed by atoms with Gasteiger partial charge < -0.3 is 14.6 Å². The van der Waals surface area contributed by atoms with Crippen molar-refractivity contribution in [1.29, 1.82) is 0 Å². The van der Waals surface area contributed by atoms with E-state index in [1.54, 1.807) is 0 Å². The highest BCUT2D eigenvalue weighted by Gasteiger charge is 2.26. The van der Waals surface area contributed by atoms with Crippen LogP contribution in [0.1, 0.15) is 28.8 Å². The number of amides is 1. The summed E-state index contributed by atoms with van der Waals surface area (Å²) in [7, 11) is 0. The first-order valence-electron chi connectivity index (χ1n) is 8.62. The van der Waals surface area contributed by atoms with Gasteiger partial charge in [0.15, 0.2) is 5.82 Å². The summed E-state index contributed by atoms with van der Waals surface area (Å²) in [5, 5.41) is 6.80. The molecule has 0 fully saturated rings. The maximum absolute atomic E-state index is 12.1. The molecule has 2 aromatic carbocycles. The molecule has 1 aliphatic heterocycles. The quantitative estimate of drug-likeness (QED) is 0.766. The van der Waals surface area contributed by atoms with Crippen LogP contribution in [0.5, 0.6) is 5.75 Å². The van der Waals surface area contributed by atoms with Crippen LogP contribution in [-0.2, 0) is 24.2 Å². The summed E-state index contributed by atoms with van der Waals surface area (Å²) in [4.78, 5) is 16.5. The average Bonchev–Trinajstić information content (AvgIpc) is 3.15. The van der Waals surface area contributed by atoms with Crippen molar-refractivity contribution < 1.29 is 14.1 Å². The fraction of sp³-hybridized carbons (Fsp3) is 0.250. The lowest BCUT2D eigenvalue weighted by Gasteiger charge is -2.22. The molecule has 1 atom stereocenters. The summed E-state index contributed by atoms with van der Waals surface area (Å²) in [5.41, 5.74) is 2.18. The van der Waals surface area contributed by atoms with Crippen LogP contribution < -0.4 is 10.1 Å². The summed E-state index contributed by atoms with van der Waals surface area (Å²) in [6.45, 7) is 0.983. The number of aromatic nitrogens is 2. The topological polar surface area (TPSA) is 77.2 Å². The zero-order valence-electron chi connectivity index (χ0n) is 14.2. The molecule has 0 aliphatic carbocycles. The molecule has 0 radical (unpaired) electrons. The van der Waals surface area contributed by atoms with Crippen LogP contribution >= 0.6 is 0 Å². The minimum absolute atomic E-state index is 0.0125. The molecule has 3 aromatic rings. The van der Waals surface area contributed by atoms with Gasteiger partial charge in [0.05, 0.1) is 12.3 Å². The summed E-state index contributed by atoms with van der Waals surface area (Å²) >= 11 is 0. The van der Waals surface area contributed by atoms with Crippen LogP contribution in [-0.4, -0.2) is 22.7 Å². The lowest BCUT2D eigenvalue weighted by molar-refractivity contribution is -0.120. The number of fused-ring (bicyclic) bond motifs is 1. The van der Waals surface area contributed by atoms with E-state index in [2.05, 4.69) is 15.5 Å². The molecule has 1 aliphatic rings. The van der Waals surface area contributed by atoms with Crippen molar-refractivity contribution in [1.82, 2.24) is 15.5 Å². The van der Waals surface area contributed by atoms with E-state index in [9.17, 15) is 4.79 Å². The Morgan fingerprint density at radius 2 is 1.92 bits per heavy atom. The average molecular weight is 349 g/mol. The molecular formula is C20H19N3O3. The highest BCUT2D eigenvalue weighted by atomic mass is 16.5. The maximum Gasteiger partial charge on any atom is 0.233 e. The van der Waals surface area contributed by atoms with Crippen LogP contribution in [0.25, 0.3) is 0 Å². The number of ether oxygens (including phenoxy) is 1. The lowest BCUT2D eigenvalue weighted by Crippen LogP contribution is -2.25. The normalized spacial score (nSPS) is 15.8. The van der Waals surface area contributed by atoms with E-state index in [0.29, 0.717) is 24.9 Å². The lowest BCUT2D eigenvalue weighted by atomic mass is 9.97. The first kappa shape index (κ1) is 16.3. The molecule has 1 aromatic heterocycles. The number of para-hydroxylation sites is 1. The van der Waals surface area contributed by atoms with E-state index in [1.165, 1.54) is 0 Å². The van der Waals surface area contributed by atoms with Gasteiger partial charge in [-0.2, -0.15) is 4.98 Å². The first-order chi connectivity index (χ1) is 12.8. The van der Waals surface area contributed by atoms with Gasteiger partial charge in [0, 0.05) is 6.54 Å². The Hall–Kier alpha value is -3.15. The second-order valence-corrected chi connectivity index (χ2v) is 6.31. The molecule has 0 unspecified atom stereocenters. The molecular weight excluding hydrogens is 330 g/mol. The number of carbonyl (C=O) groups is 1. The van der Waals surface area contributed by atoms with Gasteiger partial charge in [-0.25, -0.2) is 0 Å². The van der Waals surface area contributed by atoms with E-state index in [0.717, 1.165) is 23.3 Å². The molecule has 132 valence electrons. The van der Waals surface area contributed by atoms with E-state index in [-0.39, 0.29) is 18.2 Å². The van der Waals surface area contributed by atoms with Crippen LogP contribution in [0.15, 0.2) is 59.1 Å². The molecule has 2 heterocycles. The third kappa shape index (κ3) is 3.74. The Morgan fingerprint density at radius 3 is 2.81 bits per heavy atom. The monoisotopic (exact) mass is 349 g/mol. The van der Waals surface area contributed by atoms with Crippen molar-refractivity contribution in [2.24, 2.45) is 0 Å². The number of rotatable bonds is 5. The number of benzene rings is 2. The highest BCUT2D eigenvalue weighted by molar-refractivity contribution is 5.77. The molecule has 1 amide bonds. The van der Waals surface area contributed by atoms with Gasteiger partial charge in [0.1, 0.15) is 12.4 Å². The fourth-order valence-electron chi connectivity index (χ4n) is 2.99. The Kier molecular flexibility index (Phi) is 4.64. The third-order valence-corrected chi connectivity index (χ3v) is 4.36. The molecule has 1 N–H and O–H groups in total. The SMILES string of the molecule is O=C(Cc1noc([C@H]2COc3ccccc3C2)n1)NCc1ccccc1. The highest BCUT2D eigenvalue weighted by Crippen LogP contribution is 2.31. The third-order valence-electron chi connectivity index (χ3n) is 4.36. The molecule has 0 saturated heterocycles. The smallest absolute Gasteiger partial charge is 0.233 e. The summed E-state index contributed by atoms with van der Waals surface area (Å²) in [6, 6.07) is 17.7. The zero-order chi connectivity index (χ0) is 17.8. The predicted molar refractivity (Wildman–Crippen MR) is 94.7 cm³/mol. The van der Waals surface area contributed by atoms with Crippen molar-refractivity contribution in [2.75, 3.05) is 6.61 Å². The Morgan fingerprint density at radius 1 is 1.12 bits per heavy atom. The number of hydrogen-bond acceptors (Lipinski definition) is 5. The van der Waals surface area contributed by atoms with E-state index < -0.39 is 0 Å². The molecule has 0 bridgehead atoms. The van der Waals surface area contributed by atoms with Gasteiger partial charge in [-0.1, -0.05) is 53.7 Å². The maximum atomic E-state index is 12.1. The summed E-state index contributed by atoms with van der Waals surface area (Å²) in [5.74, 6) is 1.70. The molecule has 26 heavy (non-hydrogen) atoms. The zero-order valence-corrected chi connectivity index (χ0v) is 14.2. The van der Waals surface area contributed by atoms with Gasteiger partial charge >= 0.3 is 0 Å². The molecule has 6 nitrogen and oxygen atoms in total. The van der Waals surface area contributed by atoms with Crippen LogP contribution in [0.4, 0.5) is 0 Å². The second-order valence-electron chi connectivity index (χ2n) is 6.31. The predicted octanol–water partition coefficient (Wildman–Crippen LogP) is 2.65. The fourth-order valence-corrected chi connectivity index (χ4v) is 2.99. The number of hydrogen-bond donors (Lipinski definition) is 1.